The molecule has 0 aliphatic rings. The molecule has 0 bridgehead atoms. The number of carbonyl (C=O) groups is 1. The van der Waals surface area contributed by atoms with Crippen molar-refractivity contribution < 1.29 is 9.53 Å². The molecule has 0 atom stereocenters. The third-order valence-corrected chi connectivity index (χ3v) is 3.49. The van der Waals surface area contributed by atoms with Gasteiger partial charge in [-0.1, -0.05) is 29.8 Å². The quantitative estimate of drug-likeness (QED) is 0.676. The second kappa shape index (κ2) is 5.44. The third-order valence-electron chi connectivity index (χ3n) is 3.49. The van der Waals surface area contributed by atoms with E-state index >= 15 is 0 Å². The van der Waals surface area contributed by atoms with Gasteiger partial charge < -0.3 is 9.14 Å². The van der Waals surface area contributed by atoms with E-state index in [4.69, 9.17) is 4.74 Å². The van der Waals surface area contributed by atoms with Gasteiger partial charge in [-0.05, 0) is 37.6 Å². The van der Waals surface area contributed by atoms with Crippen molar-refractivity contribution in [1.29, 1.82) is 0 Å². The zero-order chi connectivity index (χ0) is 14.8. The maximum atomic E-state index is 11.8. The summed E-state index contributed by atoms with van der Waals surface area (Å²) in [6.07, 6.45) is 3.84. The molecule has 0 unspecified atom stereocenters. The summed E-state index contributed by atoms with van der Waals surface area (Å²) in [7, 11) is 0. The maximum Gasteiger partial charge on any atom is 0.339 e. The van der Waals surface area contributed by atoms with Crippen molar-refractivity contribution >= 4 is 11.5 Å². The Morgan fingerprint density at radius 2 is 1.81 bits per heavy atom. The second-order valence-corrected chi connectivity index (χ2v) is 5.07. The van der Waals surface area contributed by atoms with Crippen molar-refractivity contribution in [2.45, 2.75) is 13.8 Å². The molecule has 3 heteroatoms. The Balaban J connectivity index is 2.00. The van der Waals surface area contributed by atoms with E-state index in [9.17, 15) is 4.79 Å². The summed E-state index contributed by atoms with van der Waals surface area (Å²) in [5.41, 5.74) is 5.17. The van der Waals surface area contributed by atoms with Gasteiger partial charge in [-0.25, -0.2) is 4.79 Å². The second-order valence-electron chi connectivity index (χ2n) is 5.07. The molecule has 0 radical (unpaired) electrons. The van der Waals surface area contributed by atoms with Gasteiger partial charge in [0.1, 0.15) is 0 Å². The first-order valence-corrected chi connectivity index (χ1v) is 7.03. The number of benzene rings is 1. The Morgan fingerprint density at radius 1 is 1.05 bits per heavy atom. The molecular weight excluding hydrogens is 262 g/mol. The van der Waals surface area contributed by atoms with E-state index in [-0.39, 0.29) is 5.97 Å². The van der Waals surface area contributed by atoms with Crippen LogP contribution in [0.5, 0.6) is 0 Å². The number of fused-ring (bicyclic) bond motifs is 1. The molecule has 3 rings (SSSR count). The molecule has 3 nitrogen and oxygen atoms in total. The summed E-state index contributed by atoms with van der Waals surface area (Å²) in [5, 5.41) is 0. The molecule has 0 amide bonds. The van der Waals surface area contributed by atoms with E-state index in [0.29, 0.717) is 12.2 Å². The zero-order valence-electron chi connectivity index (χ0n) is 12.2. The highest BCUT2D eigenvalue weighted by atomic mass is 16.5. The van der Waals surface area contributed by atoms with Crippen molar-refractivity contribution in [2.75, 3.05) is 6.61 Å². The normalized spacial score (nSPS) is 10.8. The molecule has 106 valence electrons. The van der Waals surface area contributed by atoms with Crippen LogP contribution in [0, 0.1) is 6.92 Å². The Kier molecular flexibility index (Phi) is 3.48. The minimum absolute atomic E-state index is 0.287. The number of hydrogen-bond acceptors (Lipinski definition) is 2. The van der Waals surface area contributed by atoms with Gasteiger partial charge in [-0.3, -0.25) is 0 Å². The lowest BCUT2D eigenvalue weighted by Gasteiger charge is -2.02. The smallest absolute Gasteiger partial charge is 0.339 e. The third kappa shape index (κ3) is 2.68. The number of pyridine rings is 1. The summed E-state index contributed by atoms with van der Waals surface area (Å²) in [5.74, 6) is -0.287. The summed E-state index contributed by atoms with van der Waals surface area (Å²) in [4.78, 5) is 11.8. The van der Waals surface area contributed by atoms with Gasteiger partial charge in [0.15, 0.2) is 0 Å². The molecule has 0 spiro atoms. The van der Waals surface area contributed by atoms with Crippen molar-refractivity contribution in [1.82, 2.24) is 4.40 Å². The molecule has 1 aromatic carbocycles. The van der Waals surface area contributed by atoms with Crippen LogP contribution < -0.4 is 0 Å². The number of aromatic nitrogens is 1. The summed E-state index contributed by atoms with van der Waals surface area (Å²) in [6.45, 7) is 4.27. The van der Waals surface area contributed by atoms with Crippen molar-refractivity contribution in [3.63, 3.8) is 0 Å². The predicted molar refractivity (Wildman–Crippen MR) is 83.5 cm³/mol. The summed E-state index contributed by atoms with van der Waals surface area (Å²) >= 11 is 0. The van der Waals surface area contributed by atoms with Crippen molar-refractivity contribution in [2.24, 2.45) is 0 Å². The Hall–Kier alpha value is -2.55. The minimum Gasteiger partial charge on any atom is -0.462 e. The number of ether oxygens (including phenoxy) is 1. The molecule has 3 aromatic rings. The number of nitrogens with zero attached hydrogens (tertiary/aromatic N) is 1. The van der Waals surface area contributed by atoms with Gasteiger partial charge in [0.2, 0.25) is 0 Å². The van der Waals surface area contributed by atoms with Crippen LogP contribution in [-0.4, -0.2) is 17.0 Å². The van der Waals surface area contributed by atoms with E-state index in [1.807, 2.05) is 29.8 Å². The Morgan fingerprint density at radius 3 is 2.52 bits per heavy atom. The molecule has 21 heavy (non-hydrogen) atoms. The molecule has 2 heterocycles. The van der Waals surface area contributed by atoms with Gasteiger partial charge in [0, 0.05) is 23.5 Å². The number of esters is 1. The standard InChI is InChI=1S/C18H17NO2/c1-3-21-18(20)15-8-9-17-10-16(12-19(17)11-15)14-6-4-13(2)5-7-14/h4-12H,3H2,1-2H3. The van der Waals surface area contributed by atoms with Crippen molar-refractivity contribution in [3.05, 3.63) is 66.0 Å². The van der Waals surface area contributed by atoms with E-state index in [2.05, 4.69) is 37.3 Å². The van der Waals surface area contributed by atoms with Gasteiger partial charge in [0.25, 0.3) is 0 Å². The van der Waals surface area contributed by atoms with Gasteiger partial charge >= 0.3 is 5.97 Å². The van der Waals surface area contributed by atoms with Crippen LogP contribution in [0.3, 0.4) is 0 Å². The average Bonchev–Trinajstić information content (AvgIpc) is 2.91. The molecule has 0 N–H and O–H groups in total. The number of rotatable bonds is 3. The number of hydrogen-bond donors (Lipinski definition) is 0. The highest BCUT2D eigenvalue weighted by Gasteiger charge is 2.08. The van der Waals surface area contributed by atoms with Crippen LogP contribution in [-0.2, 0) is 4.74 Å². The fourth-order valence-corrected chi connectivity index (χ4v) is 2.35. The van der Waals surface area contributed by atoms with Crippen LogP contribution in [0.25, 0.3) is 16.6 Å². The van der Waals surface area contributed by atoms with Crippen molar-refractivity contribution in [3.8, 4) is 11.1 Å². The Bertz CT molecular complexity index is 785. The SMILES string of the molecule is CCOC(=O)c1ccc2cc(-c3ccc(C)cc3)cn2c1. The molecular formula is C18H17NO2. The molecule has 0 saturated heterocycles. The van der Waals surface area contributed by atoms with E-state index in [0.717, 1.165) is 11.1 Å². The van der Waals surface area contributed by atoms with Crippen LogP contribution in [0.4, 0.5) is 0 Å². The maximum absolute atomic E-state index is 11.8. The van der Waals surface area contributed by atoms with E-state index < -0.39 is 0 Å². The van der Waals surface area contributed by atoms with Gasteiger partial charge in [-0.2, -0.15) is 0 Å². The van der Waals surface area contributed by atoms with Crippen LogP contribution in [0.15, 0.2) is 54.9 Å². The lowest BCUT2D eigenvalue weighted by atomic mass is 10.1. The highest BCUT2D eigenvalue weighted by molar-refractivity contribution is 5.89. The fraction of sp³-hybridized carbons (Fsp3) is 0.167. The van der Waals surface area contributed by atoms with Crippen LogP contribution in [0.1, 0.15) is 22.8 Å². The number of aryl methyl sites for hydroxylation is 1. The minimum atomic E-state index is -0.287. The average molecular weight is 279 g/mol. The Labute approximate surface area is 123 Å². The number of carbonyl (C=O) groups excluding carboxylic acids is 1. The van der Waals surface area contributed by atoms with Crippen LogP contribution >= 0.6 is 0 Å². The fourth-order valence-electron chi connectivity index (χ4n) is 2.35. The first kappa shape index (κ1) is 13.4. The van der Waals surface area contributed by atoms with Gasteiger partial charge in [-0.15, -0.1) is 0 Å². The highest BCUT2D eigenvalue weighted by Crippen LogP contribution is 2.23. The molecule has 0 aliphatic heterocycles. The molecule has 2 aromatic heterocycles. The zero-order valence-corrected chi connectivity index (χ0v) is 12.2. The summed E-state index contributed by atoms with van der Waals surface area (Å²) in [6, 6.07) is 14.3. The molecule has 0 aliphatic carbocycles. The lowest BCUT2D eigenvalue weighted by Crippen LogP contribution is -2.05. The monoisotopic (exact) mass is 279 g/mol. The lowest BCUT2D eigenvalue weighted by molar-refractivity contribution is 0.0526. The first-order valence-electron chi connectivity index (χ1n) is 7.03. The molecule has 0 fully saturated rings. The summed E-state index contributed by atoms with van der Waals surface area (Å²) < 4.78 is 6.99. The predicted octanol–water partition coefficient (Wildman–Crippen LogP) is 4.09. The van der Waals surface area contributed by atoms with E-state index in [1.165, 1.54) is 11.1 Å². The van der Waals surface area contributed by atoms with E-state index in [1.54, 1.807) is 6.07 Å². The topological polar surface area (TPSA) is 30.7 Å². The molecule has 0 saturated carbocycles. The van der Waals surface area contributed by atoms with Gasteiger partial charge in [0.05, 0.1) is 12.2 Å². The van der Waals surface area contributed by atoms with Crippen LogP contribution in [0.2, 0.25) is 0 Å². The first-order chi connectivity index (χ1) is 10.2. The largest absolute Gasteiger partial charge is 0.462 e.